The molecule has 0 atom stereocenters. The molecule has 0 aromatic heterocycles. The van der Waals surface area contributed by atoms with Crippen molar-refractivity contribution in [3.8, 4) is 0 Å². The van der Waals surface area contributed by atoms with Crippen molar-refractivity contribution in [2.75, 3.05) is 20.3 Å². The first kappa shape index (κ1) is 11.9. The zero-order chi connectivity index (χ0) is 12.7. The third-order valence-corrected chi connectivity index (χ3v) is 5.73. The minimum atomic E-state index is -3.85. The molecule has 2 aliphatic heterocycles. The first-order valence-corrected chi connectivity index (χ1v) is 7.54. The van der Waals surface area contributed by atoms with Crippen LogP contribution in [-0.2, 0) is 22.6 Å². The Bertz CT molecular complexity index is 492. The Balaban J connectivity index is 1.98. The summed E-state index contributed by atoms with van der Waals surface area (Å²) in [6, 6.07) is 9.68. The zero-order valence-electron chi connectivity index (χ0n) is 10.3. The van der Waals surface area contributed by atoms with E-state index in [-0.39, 0.29) is 0 Å². The number of benzene rings is 1. The van der Waals surface area contributed by atoms with Crippen LogP contribution in [0.25, 0.3) is 5.76 Å². The van der Waals surface area contributed by atoms with Crippen LogP contribution in [-0.4, -0.2) is 20.3 Å². The Kier molecular flexibility index (Phi) is 2.61. The molecule has 6 heteroatoms. The second kappa shape index (κ2) is 3.93. The van der Waals surface area contributed by atoms with Crippen molar-refractivity contribution >= 4 is 13.5 Å². The van der Waals surface area contributed by atoms with Gasteiger partial charge in [-0.1, -0.05) is 0 Å². The van der Waals surface area contributed by atoms with Gasteiger partial charge in [-0.05, 0) is 0 Å². The van der Waals surface area contributed by atoms with Gasteiger partial charge in [0, 0.05) is 0 Å². The number of allylic oxidation sites excluding steroid dienone is 1. The molecule has 1 fully saturated rings. The number of rotatable bonds is 2. The molecule has 2 heterocycles. The van der Waals surface area contributed by atoms with Crippen LogP contribution in [0.15, 0.2) is 36.1 Å². The van der Waals surface area contributed by atoms with E-state index in [2.05, 4.69) is 0 Å². The van der Waals surface area contributed by atoms with E-state index in [1.54, 1.807) is 0 Å². The van der Waals surface area contributed by atoms with Crippen molar-refractivity contribution in [3.63, 3.8) is 0 Å². The average Bonchev–Trinajstić information content (AvgIpc) is 2.96. The maximum atomic E-state index is 5.87. The van der Waals surface area contributed by atoms with Crippen LogP contribution in [0.3, 0.4) is 0 Å². The summed E-state index contributed by atoms with van der Waals surface area (Å²) in [6.45, 7) is 2.62. The monoisotopic (exact) mass is 270 g/mol. The molecule has 1 aromatic carbocycles. The second-order valence-electron chi connectivity index (χ2n) is 4.03. The van der Waals surface area contributed by atoms with Crippen LogP contribution in [0, 0.1) is 0 Å². The van der Waals surface area contributed by atoms with E-state index in [1.807, 2.05) is 37.3 Å². The third kappa shape index (κ3) is 1.63. The molecule has 0 aliphatic carbocycles. The Morgan fingerprint density at radius 1 is 1.06 bits per heavy atom. The van der Waals surface area contributed by atoms with E-state index in [0.717, 1.165) is 5.56 Å². The van der Waals surface area contributed by atoms with Crippen LogP contribution in [0.5, 0.6) is 0 Å². The van der Waals surface area contributed by atoms with Gasteiger partial charge in [0.15, 0.2) is 0 Å². The standard InChI is InChI=1S/C12H15O5P/c1-10-12(11-6-4-3-5-7-11)17-18(13-2,16-10)14-8-9-15-18/h3-7H,8-9H2,1-2H3. The van der Waals surface area contributed by atoms with Gasteiger partial charge >= 0.3 is 105 Å². The molecule has 0 N–H and O–H groups in total. The minimum absolute atomic E-state index is 0.404. The average molecular weight is 270 g/mol. The summed E-state index contributed by atoms with van der Waals surface area (Å²) in [6.07, 6.45) is 0. The van der Waals surface area contributed by atoms with Crippen molar-refractivity contribution in [1.29, 1.82) is 0 Å². The van der Waals surface area contributed by atoms with Gasteiger partial charge in [0.2, 0.25) is 0 Å². The molecular formula is C12H15O5P. The summed E-state index contributed by atoms with van der Waals surface area (Å²) < 4.78 is 28.1. The van der Waals surface area contributed by atoms with Gasteiger partial charge in [0.05, 0.1) is 0 Å². The molecule has 1 spiro atoms. The summed E-state index contributed by atoms with van der Waals surface area (Å²) in [5.41, 5.74) is 0.910. The molecule has 0 unspecified atom stereocenters. The predicted molar refractivity (Wildman–Crippen MR) is 67.0 cm³/mol. The van der Waals surface area contributed by atoms with Gasteiger partial charge in [-0.3, -0.25) is 0 Å². The summed E-state index contributed by atoms with van der Waals surface area (Å²) in [7, 11) is -2.38. The molecule has 2 aliphatic rings. The fraction of sp³-hybridized carbons (Fsp3) is 0.333. The SMILES string of the molecule is COP12(OCCO1)OC(C)=C(c1ccccc1)O2. The van der Waals surface area contributed by atoms with Crippen molar-refractivity contribution in [1.82, 2.24) is 0 Å². The van der Waals surface area contributed by atoms with Crippen molar-refractivity contribution in [2.45, 2.75) is 6.92 Å². The molecule has 3 rings (SSSR count). The van der Waals surface area contributed by atoms with Crippen LogP contribution < -0.4 is 0 Å². The van der Waals surface area contributed by atoms with E-state index in [0.29, 0.717) is 24.7 Å². The molecule has 18 heavy (non-hydrogen) atoms. The van der Waals surface area contributed by atoms with Crippen LogP contribution in [0.1, 0.15) is 12.5 Å². The number of hydrogen-bond acceptors (Lipinski definition) is 5. The van der Waals surface area contributed by atoms with E-state index >= 15 is 0 Å². The van der Waals surface area contributed by atoms with Crippen molar-refractivity contribution < 1.29 is 22.6 Å². The predicted octanol–water partition coefficient (Wildman–Crippen LogP) is 3.24. The Morgan fingerprint density at radius 2 is 1.72 bits per heavy atom. The van der Waals surface area contributed by atoms with Gasteiger partial charge in [-0.25, -0.2) is 0 Å². The Hall–Kier alpha value is -1.13. The zero-order valence-corrected chi connectivity index (χ0v) is 11.2. The first-order chi connectivity index (χ1) is 8.67. The summed E-state index contributed by atoms with van der Waals surface area (Å²) >= 11 is 0. The molecular weight excluding hydrogens is 255 g/mol. The summed E-state index contributed by atoms with van der Waals surface area (Å²) in [4.78, 5) is 0. The first-order valence-electron chi connectivity index (χ1n) is 5.72. The Morgan fingerprint density at radius 3 is 2.33 bits per heavy atom. The van der Waals surface area contributed by atoms with E-state index in [1.165, 1.54) is 7.11 Å². The van der Waals surface area contributed by atoms with Gasteiger partial charge in [0.25, 0.3) is 0 Å². The van der Waals surface area contributed by atoms with Crippen LogP contribution >= 0.6 is 7.74 Å². The van der Waals surface area contributed by atoms with Crippen molar-refractivity contribution in [3.05, 3.63) is 41.7 Å². The molecule has 0 amide bonds. The second-order valence-corrected chi connectivity index (χ2v) is 6.77. The van der Waals surface area contributed by atoms with Crippen LogP contribution in [0.4, 0.5) is 0 Å². The quantitative estimate of drug-likeness (QED) is 0.772. The molecule has 0 bridgehead atoms. The number of hydrogen-bond donors (Lipinski definition) is 0. The van der Waals surface area contributed by atoms with E-state index in [9.17, 15) is 0 Å². The molecule has 98 valence electrons. The van der Waals surface area contributed by atoms with E-state index in [4.69, 9.17) is 22.6 Å². The molecule has 0 saturated carbocycles. The molecule has 1 aromatic rings. The molecule has 5 nitrogen and oxygen atoms in total. The van der Waals surface area contributed by atoms with Gasteiger partial charge in [-0.15, -0.1) is 0 Å². The molecule has 1 saturated heterocycles. The molecule has 0 radical (unpaired) electrons. The fourth-order valence-electron chi connectivity index (χ4n) is 2.04. The maximum absolute atomic E-state index is 5.87. The fourth-order valence-corrected chi connectivity index (χ4v) is 4.53. The van der Waals surface area contributed by atoms with Crippen LogP contribution in [0.2, 0.25) is 0 Å². The van der Waals surface area contributed by atoms with Gasteiger partial charge in [0.1, 0.15) is 0 Å². The Labute approximate surface area is 106 Å². The topological polar surface area (TPSA) is 46.2 Å². The summed E-state index contributed by atoms with van der Waals surface area (Å²) in [5, 5.41) is 0. The van der Waals surface area contributed by atoms with E-state index < -0.39 is 7.74 Å². The normalized spacial score (nSPS) is 26.4. The van der Waals surface area contributed by atoms with Gasteiger partial charge in [-0.2, -0.15) is 0 Å². The summed E-state index contributed by atoms with van der Waals surface area (Å²) in [5.74, 6) is 1.22. The van der Waals surface area contributed by atoms with Gasteiger partial charge < -0.3 is 0 Å². The van der Waals surface area contributed by atoms with Crippen molar-refractivity contribution in [2.24, 2.45) is 0 Å². The third-order valence-electron chi connectivity index (χ3n) is 2.87.